The molecule has 1 saturated heterocycles. The summed E-state index contributed by atoms with van der Waals surface area (Å²) >= 11 is 4.18. The molecule has 1 fully saturated rings. The summed E-state index contributed by atoms with van der Waals surface area (Å²) in [6, 6.07) is 0. The first-order valence-electron chi connectivity index (χ1n) is 5.07. The van der Waals surface area contributed by atoms with Gasteiger partial charge in [0.25, 0.3) is 0 Å². The molecule has 2 unspecified atom stereocenters. The summed E-state index contributed by atoms with van der Waals surface area (Å²) in [5.74, 6) is -0.0332. The quantitative estimate of drug-likeness (QED) is 0.576. The number of ether oxygens (including phenoxy) is 2. The predicted octanol–water partition coefficient (Wildman–Crippen LogP) is 1.66. The lowest BCUT2D eigenvalue weighted by atomic mass is 10.1. The second-order valence-electron chi connectivity index (χ2n) is 3.95. The van der Waals surface area contributed by atoms with Gasteiger partial charge in [0.05, 0.1) is 6.10 Å². The molecule has 1 heterocycles. The Morgan fingerprint density at radius 2 is 2.36 bits per heavy atom. The SMILES string of the molecule is CC(C)C(S)C(=O)OCC1CCCO1. The Bertz CT molecular complexity index is 188. The fourth-order valence-corrected chi connectivity index (χ4v) is 1.38. The fraction of sp³-hybridized carbons (Fsp3) is 0.900. The average molecular weight is 218 g/mol. The van der Waals surface area contributed by atoms with E-state index in [2.05, 4.69) is 12.6 Å². The van der Waals surface area contributed by atoms with Crippen LogP contribution in [0.15, 0.2) is 0 Å². The molecule has 3 nitrogen and oxygen atoms in total. The molecule has 82 valence electrons. The van der Waals surface area contributed by atoms with Crippen LogP contribution in [0.3, 0.4) is 0 Å². The lowest BCUT2D eigenvalue weighted by Crippen LogP contribution is -2.26. The number of carbonyl (C=O) groups excluding carboxylic acids is 1. The van der Waals surface area contributed by atoms with E-state index in [1.807, 2.05) is 13.8 Å². The number of hydrogen-bond acceptors (Lipinski definition) is 4. The van der Waals surface area contributed by atoms with Crippen molar-refractivity contribution in [3.63, 3.8) is 0 Å². The van der Waals surface area contributed by atoms with Gasteiger partial charge in [-0.15, -0.1) is 0 Å². The van der Waals surface area contributed by atoms with Crippen molar-refractivity contribution in [2.24, 2.45) is 5.92 Å². The second-order valence-corrected chi connectivity index (χ2v) is 4.51. The molecule has 1 aliphatic rings. The molecule has 0 N–H and O–H groups in total. The molecule has 0 radical (unpaired) electrons. The monoisotopic (exact) mass is 218 g/mol. The van der Waals surface area contributed by atoms with Gasteiger partial charge in [0, 0.05) is 6.61 Å². The first-order valence-corrected chi connectivity index (χ1v) is 5.59. The molecule has 4 heteroatoms. The van der Waals surface area contributed by atoms with Crippen molar-refractivity contribution >= 4 is 18.6 Å². The molecule has 0 aromatic heterocycles. The Morgan fingerprint density at radius 1 is 1.64 bits per heavy atom. The van der Waals surface area contributed by atoms with Crippen molar-refractivity contribution in [3.05, 3.63) is 0 Å². The summed E-state index contributed by atoms with van der Waals surface area (Å²) in [4.78, 5) is 11.4. The van der Waals surface area contributed by atoms with E-state index in [1.54, 1.807) is 0 Å². The van der Waals surface area contributed by atoms with Gasteiger partial charge in [-0.25, -0.2) is 0 Å². The molecule has 0 aromatic carbocycles. The highest BCUT2D eigenvalue weighted by atomic mass is 32.1. The zero-order chi connectivity index (χ0) is 10.6. The van der Waals surface area contributed by atoms with Crippen LogP contribution in [0.4, 0.5) is 0 Å². The first kappa shape index (κ1) is 11.9. The van der Waals surface area contributed by atoms with Gasteiger partial charge >= 0.3 is 5.97 Å². The van der Waals surface area contributed by atoms with Crippen LogP contribution in [-0.2, 0) is 14.3 Å². The van der Waals surface area contributed by atoms with Crippen LogP contribution in [0.2, 0.25) is 0 Å². The first-order chi connectivity index (χ1) is 6.61. The Balaban J connectivity index is 2.19. The molecule has 0 spiro atoms. The highest BCUT2D eigenvalue weighted by molar-refractivity contribution is 7.81. The van der Waals surface area contributed by atoms with Crippen LogP contribution >= 0.6 is 12.6 Å². The van der Waals surface area contributed by atoms with Crippen LogP contribution in [0.5, 0.6) is 0 Å². The van der Waals surface area contributed by atoms with Gasteiger partial charge in [-0.05, 0) is 18.8 Å². The van der Waals surface area contributed by atoms with Crippen LogP contribution in [0.25, 0.3) is 0 Å². The van der Waals surface area contributed by atoms with Crippen LogP contribution in [-0.4, -0.2) is 30.5 Å². The topological polar surface area (TPSA) is 35.5 Å². The second kappa shape index (κ2) is 5.61. The van der Waals surface area contributed by atoms with E-state index in [1.165, 1.54) is 0 Å². The van der Waals surface area contributed by atoms with Gasteiger partial charge in [-0.3, -0.25) is 4.79 Å². The Morgan fingerprint density at radius 3 is 2.86 bits per heavy atom. The van der Waals surface area contributed by atoms with E-state index in [0.717, 1.165) is 19.4 Å². The van der Waals surface area contributed by atoms with E-state index in [-0.39, 0.29) is 23.2 Å². The molecule has 2 atom stereocenters. The zero-order valence-corrected chi connectivity index (χ0v) is 9.63. The fourth-order valence-electron chi connectivity index (χ4n) is 1.31. The molecule has 0 amide bonds. The van der Waals surface area contributed by atoms with Crippen molar-refractivity contribution < 1.29 is 14.3 Å². The number of hydrogen-bond donors (Lipinski definition) is 1. The standard InChI is InChI=1S/C10H18O3S/c1-7(2)9(14)10(11)13-6-8-4-3-5-12-8/h7-9,14H,3-6H2,1-2H3. The molecule has 0 bridgehead atoms. The summed E-state index contributed by atoms with van der Waals surface area (Å²) in [5, 5.41) is -0.323. The van der Waals surface area contributed by atoms with Gasteiger partial charge in [0.2, 0.25) is 0 Å². The minimum atomic E-state index is -0.323. The average Bonchev–Trinajstić information content (AvgIpc) is 2.65. The molecule has 1 aliphatic heterocycles. The molecule has 0 aromatic rings. The molecular weight excluding hydrogens is 200 g/mol. The van der Waals surface area contributed by atoms with Crippen molar-refractivity contribution in [1.82, 2.24) is 0 Å². The largest absolute Gasteiger partial charge is 0.462 e. The van der Waals surface area contributed by atoms with Crippen LogP contribution < -0.4 is 0 Å². The third kappa shape index (κ3) is 3.50. The number of rotatable bonds is 4. The molecule has 0 saturated carbocycles. The Kier molecular flexibility index (Phi) is 4.75. The predicted molar refractivity (Wildman–Crippen MR) is 57.5 cm³/mol. The Labute approximate surface area is 90.6 Å². The molecular formula is C10H18O3S. The molecule has 0 aliphatic carbocycles. The lowest BCUT2D eigenvalue weighted by molar-refractivity contribution is -0.146. The smallest absolute Gasteiger partial charge is 0.319 e. The maximum absolute atomic E-state index is 11.4. The molecule has 14 heavy (non-hydrogen) atoms. The molecule has 1 rings (SSSR count). The maximum atomic E-state index is 11.4. The van der Waals surface area contributed by atoms with E-state index in [4.69, 9.17) is 9.47 Å². The van der Waals surface area contributed by atoms with E-state index in [0.29, 0.717) is 6.61 Å². The lowest BCUT2D eigenvalue weighted by Gasteiger charge is -2.15. The van der Waals surface area contributed by atoms with Crippen molar-refractivity contribution in [2.75, 3.05) is 13.2 Å². The minimum Gasteiger partial charge on any atom is -0.462 e. The zero-order valence-electron chi connectivity index (χ0n) is 8.73. The van der Waals surface area contributed by atoms with Crippen molar-refractivity contribution in [3.8, 4) is 0 Å². The summed E-state index contributed by atoms with van der Waals surface area (Å²) in [6.45, 7) is 5.06. The van der Waals surface area contributed by atoms with Gasteiger partial charge in [-0.2, -0.15) is 12.6 Å². The summed E-state index contributed by atoms with van der Waals surface area (Å²) in [7, 11) is 0. The summed E-state index contributed by atoms with van der Waals surface area (Å²) in [5.41, 5.74) is 0. The summed E-state index contributed by atoms with van der Waals surface area (Å²) in [6.07, 6.45) is 2.16. The normalized spacial score (nSPS) is 23.9. The van der Waals surface area contributed by atoms with Crippen molar-refractivity contribution in [1.29, 1.82) is 0 Å². The van der Waals surface area contributed by atoms with Crippen molar-refractivity contribution in [2.45, 2.75) is 38.0 Å². The van der Waals surface area contributed by atoms with E-state index < -0.39 is 0 Å². The maximum Gasteiger partial charge on any atom is 0.319 e. The van der Waals surface area contributed by atoms with Gasteiger partial charge in [0.15, 0.2) is 0 Å². The number of thiol groups is 1. The number of carbonyl (C=O) groups is 1. The summed E-state index contributed by atoms with van der Waals surface area (Å²) < 4.78 is 10.5. The number of esters is 1. The van der Waals surface area contributed by atoms with Crippen LogP contribution in [0, 0.1) is 5.92 Å². The van der Waals surface area contributed by atoms with Crippen LogP contribution in [0.1, 0.15) is 26.7 Å². The van der Waals surface area contributed by atoms with E-state index >= 15 is 0 Å². The third-order valence-corrected chi connectivity index (χ3v) is 3.12. The third-order valence-electron chi connectivity index (χ3n) is 2.31. The highest BCUT2D eigenvalue weighted by Gasteiger charge is 2.22. The van der Waals surface area contributed by atoms with Gasteiger partial charge < -0.3 is 9.47 Å². The van der Waals surface area contributed by atoms with Gasteiger partial charge in [-0.1, -0.05) is 13.8 Å². The minimum absolute atomic E-state index is 0.103. The van der Waals surface area contributed by atoms with Gasteiger partial charge in [0.1, 0.15) is 11.9 Å². The Hall–Kier alpha value is -0.220. The van der Waals surface area contributed by atoms with E-state index in [9.17, 15) is 4.79 Å². The highest BCUT2D eigenvalue weighted by Crippen LogP contribution is 2.14.